The van der Waals surface area contributed by atoms with E-state index in [1.807, 2.05) is 13.8 Å². The molecule has 0 aromatic carbocycles. The number of amides is 1. The monoisotopic (exact) mass is 257 g/mol. The molecule has 0 aromatic heterocycles. The van der Waals surface area contributed by atoms with E-state index in [1.54, 1.807) is 0 Å². The van der Waals surface area contributed by atoms with Crippen molar-refractivity contribution in [2.24, 2.45) is 11.8 Å². The SMILES string of the molecule is CC(C)CC(CNC(=O)C1CCCCO1)C(=O)O. The zero-order valence-corrected chi connectivity index (χ0v) is 11.1. The fraction of sp³-hybridized carbons (Fsp3) is 0.846. The molecule has 0 radical (unpaired) electrons. The summed E-state index contributed by atoms with van der Waals surface area (Å²) in [6.45, 7) is 4.75. The van der Waals surface area contributed by atoms with Gasteiger partial charge >= 0.3 is 5.97 Å². The number of hydrogen-bond acceptors (Lipinski definition) is 3. The summed E-state index contributed by atoms with van der Waals surface area (Å²) in [6.07, 6.45) is 2.89. The number of ether oxygens (including phenoxy) is 1. The van der Waals surface area contributed by atoms with Crippen molar-refractivity contribution in [3.8, 4) is 0 Å². The summed E-state index contributed by atoms with van der Waals surface area (Å²) in [4.78, 5) is 22.8. The van der Waals surface area contributed by atoms with Crippen LogP contribution in [0.3, 0.4) is 0 Å². The standard InChI is InChI=1S/C13H23NO4/c1-9(2)7-10(13(16)17)8-14-12(15)11-5-3-4-6-18-11/h9-11H,3-8H2,1-2H3,(H,14,15)(H,16,17). The number of carboxylic acid groups (broad SMARTS) is 1. The molecule has 1 aliphatic heterocycles. The molecule has 1 fully saturated rings. The first-order valence-corrected chi connectivity index (χ1v) is 6.62. The Morgan fingerprint density at radius 2 is 2.11 bits per heavy atom. The number of aliphatic carboxylic acids is 1. The van der Waals surface area contributed by atoms with Crippen LogP contribution in [0.15, 0.2) is 0 Å². The molecular formula is C13H23NO4. The van der Waals surface area contributed by atoms with Gasteiger partial charge in [-0.15, -0.1) is 0 Å². The third-order valence-electron chi connectivity index (χ3n) is 3.10. The highest BCUT2D eigenvalue weighted by molar-refractivity contribution is 5.81. The summed E-state index contributed by atoms with van der Waals surface area (Å²) in [7, 11) is 0. The summed E-state index contributed by atoms with van der Waals surface area (Å²) in [5, 5.41) is 11.8. The lowest BCUT2D eigenvalue weighted by Gasteiger charge is -2.23. The van der Waals surface area contributed by atoms with Crippen molar-refractivity contribution in [2.75, 3.05) is 13.2 Å². The zero-order chi connectivity index (χ0) is 13.5. The molecule has 0 aliphatic carbocycles. The van der Waals surface area contributed by atoms with E-state index in [9.17, 15) is 9.59 Å². The first-order valence-electron chi connectivity index (χ1n) is 6.62. The molecular weight excluding hydrogens is 234 g/mol. The lowest BCUT2D eigenvalue weighted by atomic mass is 9.97. The first-order chi connectivity index (χ1) is 8.50. The molecule has 5 heteroatoms. The summed E-state index contributed by atoms with van der Waals surface area (Å²) >= 11 is 0. The van der Waals surface area contributed by atoms with E-state index >= 15 is 0 Å². The molecule has 0 aromatic rings. The zero-order valence-electron chi connectivity index (χ0n) is 11.1. The van der Waals surface area contributed by atoms with Crippen molar-refractivity contribution >= 4 is 11.9 Å². The van der Waals surface area contributed by atoms with Crippen LogP contribution in [0.2, 0.25) is 0 Å². The molecule has 104 valence electrons. The van der Waals surface area contributed by atoms with Crippen LogP contribution in [0, 0.1) is 11.8 Å². The second-order valence-corrected chi connectivity index (χ2v) is 5.27. The fourth-order valence-corrected chi connectivity index (χ4v) is 2.13. The van der Waals surface area contributed by atoms with Crippen LogP contribution in [0.4, 0.5) is 0 Å². The van der Waals surface area contributed by atoms with Gasteiger partial charge in [0.25, 0.3) is 0 Å². The Bertz CT molecular complexity index is 285. The Labute approximate surface area is 108 Å². The third-order valence-corrected chi connectivity index (χ3v) is 3.10. The van der Waals surface area contributed by atoms with Gasteiger partial charge in [0, 0.05) is 13.2 Å². The van der Waals surface area contributed by atoms with Crippen molar-refractivity contribution in [2.45, 2.75) is 45.6 Å². The Hall–Kier alpha value is -1.10. The number of rotatable bonds is 6. The second kappa shape index (κ2) is 7.36. The van der Waals surface area contributed by atoms with Crippen LogP contribution in [0.25, 0.3) is 0 Å². The van der Waals surface area contributed by atoms with Gasteiger partial charge in [-0.25, -0.2) is 0 Å². The van der Waals surface area contributed by atoms with Crippen molar-refractivity contribution in [1.82, 2.24) is 5.32 Å². The highest BCUT2D eigenvalue weighted by atomic mass is 16.5. The van der Waals surface area contributed by atoms with Crippen molar-refractivity contribution in [1.29, 1.82) is 0 Å². The molecule has 18 heavy (non-hydrogen) atoms. The van der Waals surface area contributed by atoms with Gasteiger partial charge in [-0.3, -0.25) is 9.59 Å². The maximum absolute atomic E-state index is 11.8. The Morgan fingerprint density at radius 1 is 1.39 bits per heavy atom. The van der Waals surface area contributed by atoms with E-state index in [0.29, 0.717) is 18.9 Å². The fourth-order valence-electron chi connectivity index (χ4n) is 2.13. The molecule has 1 amide bonds. The summed E-state index contributed by atoms with van der Waals surface area (Å²) in [5.41, 5.74) is 0. The third kappa shape index (κ3) is 5.04. The lowest BCUT2D eigenvalue weighted by Crippen LogP contribution is -2.41. The Kier molecular flexibility index (Phi) is 6.12. The Morgan fingerprint density at radius 3 is 2.61 bits per heavy atom. The molecule has 2 unspecified atom stereocenters. The normalized spacial score (nSPS) is 21.6. The second-order valence-electron chi connectivity index (χ2n) is 5.27. The predicted octanol–water partition coefficient (Wildman–Crippen LogP) is 1.42. The summed E-state index contributed by atoms with van der Waals surface area (Å²) < 4.78 is 5.35. The molecule has 0 bridgehead atoms. The number of carbonyl (C=O) groups is 2. The minimum absolute atomic E-state index is 0.176. The minimum atomic E-state index is -0.853. The number of hydrogen-bond donors (Lipinski definition) is 2. The quantitative estimate of drug-likeness (QED) is 0.754. The van der Waals surface area contributed by atoms with Crippen LogP contribution >= 0.6 is 0 Å². The van der Waals surface area contributed by atoms with E-state index in [1.165, 1.54) is 0 Å². The number of carboxylic acids is 1. The predicted molar refractivity (Wildman–Crippen MR) is 67.2 cm³/mol. The number of nitrogens with one attached hydrogen (secondary N) is 1. The molecule has 2 N–H and O–H groups in total. The molecule has 1 heterocycles. The van der Waals surface area contributed by atoms with Gasteiger partial charge in [0.05, 0.1) is 5.92 Å². The van der Waals surface area contributed by atoms with E-state index in [4.69, 9.17) is 9.84 Å². The smallest absolute Gasteiger partial charge is 0.308 e. The maximum Gasteiger partial charge on any atom is 0.308 e. The van der Waals surface area contributed by atoms with Crippen molar-refractivity contribution in [3.63, 3.8) is 0 Å². The first kappa shape index (κ1) is 15.0. The largest absolute Gasteiger partial charge is 0.481 e. The average molecular weight is 257 g/mol. The molecule has 2 atom stereocenters. The van der Waals surface area contributed by atoms with E-state index in [-0.39, 0.29) is 12.5 Å². The van der Waals surface area contributed by atoms with E-state index < -0.39 is 18.0 Å². The molecule has 0 saturated carbocycles. The van der Waals surface area contributed by atoms with Gasteiger partial charge in [-0.2, -0.15) is 0 Å². The van der Waals surface area contributed by atoms with Crippen LogP contribution in [-0.2, 0) is 14.3 Å². The van der Waals surface area contributed by atoms with Gasteiger partial charge in [0.15, 0.2) is 0 Å². The van der Waals surface area contributed by atoms with Gasteiger partial charge in [-0.05, 0) is 31.6 Å². The highest BCUT2D eigenvalue weighted by Crippen LogP contribution is 2.14. The maximum atomic E-state index is 11.8. The Balaban J connectivity index is 2.36. The van der Waals surface area contributed by atoms with Gasteiger partial charge < -0.3 is 15.2 Å². The van der Waals surface area contributed by atoms with Crippen LogP contribution in [-0.4, -0.2) is 36.2 Å². The topological polar surface area (TPSA) is 75.6 Å². The van der Waals surface area contributed by atoms with Gasteiger partial charge in [0.1, 0.15) is 6.10 Å². The van der Waals surface area contributed by atoms with Crippen molar-refractivity contribution < 1.29 is 19.4 Å². The van der Waals surface area contributed by atoms with Crippen LogP contribution < -0.4 is 5.32 Å². The summed E-state index contributed by atoms with van der Waals surface area (Å²) in [5.74, 6) is -1.25. The average Bonchev–Trinajstić information content (AvgIpc) is 2.34. The molecule has 0 spiro atoms. The minimum Gasteiger partial charge on any atom is -0.481 e. The lowest BCUT2D eigenvalue weighted by molar-refractivity contribution is -0.143. The van der Waals surface area contributed by atoms with E-state index in [0.717, 1.165) is 19.3 Å². The highest BCUT2D eigenvalue weighted by Gasteiger charge is 2.24. The molecule has 5 nitrogen and oxygen atoms in total. The summed E-state index contributed by atoms with van der Waals surface area (Å²) in [6, 6.07) is 0. The molecule has 1 rings (SSSR count). The number of carbonyl (C=O) groups excluding carboxylic acids is 1. The molecule has 1 saturated heterocycles. The van der Waals surface area contributed by atoms with Crippen LogP contribution in [0.1, 0.15) is 39.5 Å². The van der Waals surface area contributed by atoms with Gasteiger partial charge in [-0.1, -0.05) is 13.8 Å². The molecule has 1 aliphatic rings. The van der Waals surface area contributed by atoms with Crippen molar-refractivity contribution in [3.05, 3.63) is 0 Å². The van der Waals surface area contributed by atoms with Gasteiger partial charge in [0.2, 0.25) is 5.91 Å². The van der Waals surface area contributed by atoms with Crippen LogP contribution in [0.5, 0.6) is 0 Å². The van der Waals surface area contributed by atoms with E-state index in [2.05, 4.69) is 5.32 Å².